The summed E-state index contributed by atoms with van der Waals surface area (Å²) in [5, 5.41) is 12.8. The third kappa shape index (κ3) is 2.03. The van der Waals surface area contributed by atoms with Crippen LogP contribution in [0.25, 0.3) is 0 Å². The van der Waals surface area contributed by atoms with Crippen LogP contribution in [0.15, 0.2) is 10.5 Å². The molecule has 1 aromatic carbocycles. The summed E-state index contributed by atoms with van der Waals surface area (Å²) in [6, 6.07) is 1.93. The van der Waals surface area contributed by atoms with Crippen LogP contribution in [-0.4, -0.2) is 12.2 Å². The summed E-state index contributed by atoms with van der Waals surface area (Å²) >= 11 is 3.46. The lowest BCUT2D eigenvalue weighted by Gasteiger charge is -2.12. The van der Waals surface area contributed by atoms with Crippen LogP contribution < -0.4 is 5.32 Å². The first-order valence-corrected chi connectivity index (χ1v) is 4.99. The monoisotopic (exact) mass is 243 g/mol. The maximum Gasteiger partial charge on any atom is 0.123 e. The Labute approximate surface area is 87.1 Å². The Kier molecular flexibility index (Phi) is 3.33. The zero-order valence-corrected chi connectivity index (χ0v) is 9.70. The van der Waals surface area contributed by atoms with Gasteiger partial charge in [0.25, 0.3) is 0 Å². The molecule has 0 radical (unpaired) electrons. The second kappa shape index (κ2) is 4.11. The van der Waals surface area contributed by atoms with Crippen molar-refractivity contribution in [2.24, 2.45) is 0 Å². The molecule has 0 amide bonds. The number of benzene rings is 1. The minimum absolute atomic E-state index is 0.398. The number of aromatic hydroxyl groups is 1. The first kappa shape index (κ1) is 10.5. The molecule has 0 fully saturated rings. The minimum atomic E-state index is 0.398. The predicted molar refractivity (Wildman–Crippen MR) is 58.0 cm³/mol. The highest BCUT2D eigenvalue weighted by molar-refractivity contribution is 9.10. The number of aryl methyl sites for hydroxylation is 1. The van der Waals surface area contributed by atoms with Crippen LogP contribution in [0.3, 0.4) is 0 Å². The predicted octanol–water partition coefficient (Wildman–Crippen LogP) is 2.49. The van der Waals surface area contributed by atoms with Crippen molar-refractivity contribution in [3.63, 3.8) is 0 Å². The molecule has 1 aromatic rings. The molecule has 0 bridgehead atoms. The maximum atomic E-state index is 9.77. The Morgan fingerprint density at radius 2 is 2.08 bits per heavy atom. The van der Waals surface area contributed by atoms with Gasteiger partial charge in [0.05, 0.1) is 0 Å². The zero-order valence-electron chi connectivity index (χ0n) is 8.11. The van der Waals surface area contributed by atoms with E-state index in [1.807, 2.05) is 27.0 Å². The molecule has 0 aliphatic rings. The van der Waals surface area contributed by atoms with Gasteiger partial charge in [-0.25, -0.2) is 0 Å². The van der Waals surface area contributed by atoms with Crippen molar-refractivity contribution in [1.29, 1.82) is 0 Å². The second-order valence-corrected chi connectivity index (χ2v) is 4.01. The van der Waals surface area contributed by atoms with Crippen molar-refractivity contribution in [3.05, 3.63) is 27.2 Å². The topological polar surface area (TPSA) is 32.3 Å². The number of hydrogen-bond acceptors (Lipinski definition) is 2. The van der Waals surface area contributed by atoms with Gasteiger partial charge in [-0.15, -0.1) is 0 Å². The average molecular weight is 244 g/mol. The second-order valence-electron chi connectivity index (χ2n) is 3.16. The molecule has 0 aliphatic heterocycles. The van der Waals surface area contributed by atoms with Crippen molar-refractivity contribution >= 4 is 15.9 Å². The quantitative estimate of drug-likeness (QED) is 0.837. The van der Waals surface area contributed by atoms with Gasteiger partial charge < -0.3 is 10.4 Å². The molecule has 0 spiro atoms. The Hall–Kier alpha value is -0.540. The van der Waals surface area contributed by atoms with Gasteiger partial charge in [0, 0.05) is 16.6 Å². The fourth-order valence-electron chi connectivity index (χ4n) is 1.32. The van der Waals surface area contributed by atoms with Crippen molar-refractivity contribution in [2.45, 2.75) is 20.4 Å². The zero-order chi connectivity index (χ0) is 10.0. The number of phenolic OH excluding ortho intramolecular Hbond substituents is 1. The lowest BCUT2D eigenvalue weighted by atomic mass is 10.0. The molecule has 72 valence electrons. The van der Waals surface area contributed by atoms with Crippen LogP contribution in [0.2, 0.25) is 0 Å². The number of halogens is 1. The van der Waals surface area contributed by atoms with Crippen molar-refractivity contribution in [3.8, 4) is 5.75 Å². The standard InChI is InChI=1S/C10H14BrNO/c1-6-4-9(11)7(2)8(5-12-3)10(6)13/h4,12-13H,5H2,1-3H3. The summed E-state index contributed by atoms with van der Waals surface area (Å²) in [5.41, 5.74) is 2.97. The lowest BCUT2D eigenvalue weighted by molar-refractivity contribution is 0.461. The summed E-state index contributed by atoms with van der Waals surface area (Å²) in [6.45, 7) is 4.59. The van der Waals surface area contributed by atoms with Gasteiger partial charge in [0.15, 0.2) is 0 Å². The van der Waals surface area contributed by atoms with Gasteiger partial charge in [-0.1, -0.05) is 15.9 Å². The molecule has 0 unspecified atom stereocenters. The van der Waals surface area contributed by atoms with E-state index in [4.69, 9.17) is 0 Å². The number of phenols is 1. The SMILES string of the molecule is CNCc1c(C)c(Br)cc(C)c1O. The molecular weight excluding hydrogens is 230 g/mol. The van der Waals surface area contributed by atoms with E-state index < -0.39 is 0 Å². The summed E-state index contributed by atoms with van der Waals surface area (Å²) in [5.74, 6) is 0.398. The highest BCUT2D eigenvalue weighted by Crippen LogP contribution is 2.30. The van der Waals surface area contributed by atoms with E-state index in [2.05, 4.69) is 21.2 Å². The molecule has 1 rings (SSSR count). The third-order valence-corrected chi connectivity index (χ3v) is 2.99. The smallest absolute Gasteiger partial charge is 0.123 e. The van der Waals surface area contributed by atoms with Gasteiger partial charge in [0.1, 0.15) is 5.75 Å². The van der Waals surface area contributed by atoms with Gasteiger partial charge in [-0.2, -0.15) is 0 Å². The van der Waals surface area contributed by atoms with E-state index in [9.17, 15) is 5.11 Å². The van der Waals surface area contributed by atoms with E-state index in [1.54, 1.807) is 0 Å². The summed E-state index contributed by atoms with van der Waals surface area (Å²) in [6.07, 6.45) is 0. The fourth-order valence-corrected chi connectivity index (χ4v) is 1.90. The summed E-state index contributed by atoms with van der Waals surface area (Å²) in [7, 11) is 1.87. The normalized spacial score (nSPS) is 10.5. The minimum Gasteiger partial charge on any atom is -0.507 e. The number of nitrogens with one attached hydrogen (secondary N) is 1. The first-order valence-electron chi connectivity index (χ1n) is 4.20. The highest BCUT2D eigenvalue weighted by atomic mass is 79.9. The molecule has 3 heteroatoms. The number of rotatable bonds is 2. The molecule has 0 aliphatic carbocycles. The van der Waals surface area contributed by atoms with Crippen molar-refractivity contribution in [1.82, 2.24) is 5.32 Å². The van der Waals surface area contributed by atoms with Gasteiger partial charge in [-0.3, -0.25) is 0 Å². The van der Waals surface area contributed by atoms with Crippen LogP contribution in [0.4, 0.5) is 0 Å². The molecule has 0 atom stereocenters. The van der Waals surface area contributed by atoms with E-state index in [0.717, 1.165) is 21.2 Å². The third-order valence-electron chi connectivity index (χ3n) is 2.17. The molecule has 0 saturated heterocycles. The van der Waals surface area contributed by atoms with E-state index in [-0.39, 0.29) is 0 Å². The van der Waals surface area contributed by atoms with E-state index in [0.29, 0.717) is 12.3 Å². The van der Waals surface area contributed by atoms with E-state index >= 15 is 0 Å². The summed E-state index contributed by atoms with van der Waals surface area (Å²) in [4.78, 5) is 0. The highest BCUT2D eigenvalue weighted by Gasteiger charge is 2.09. The molecule has 13 heavy (non-hydrogen) atoms. The van der Waals surface area contributed by atoms with E-state index in [1.165, 1.54) is 0 Å². The Morgan fingerprint density at radius 3 is 2.62 bits per heavy atom. The van der Waals surface area contributed by atoms with Crippen molar-refractivity contribution < 1.29 is 5.11 Å². The first-order chi connectivity index (χ1) is 6.07. The lowest BCUT2D eigenvalue weighted by Crippen LogP contribution is -2.07. The molecule has 0 aromatic heterocycles. The molecule has 2 N–H and O–H groups in total. The summed E-state index contributed by atoms with van der Waals surface area (Å²) < 4.78 is 1.05. The fraction of sp³-hybridized carbons (Fsp3) is 0.400. The Morgan fingerprint density at radius 1 is 1.46 bits per heavy atom. The largest absolute Gasteiger partial charge is 0.507 e. The van der Waals surface area contributed by atoms with Crippen LogP contribution in [0.5, 0.6) is 5.75 Å². The molecule has 2 nitrogen and oxygen atoms in total. The van der Waals surface area contributed by atoms with Crippen LogP contribution in [0, 0.1) is 13.8 Å². The van der Waals surface area contributed by atoms with Crippen LogP contribution >= 0.6 is 15.9 Å². The van der Waals surface area contributed by atoms with Crippen LogP contribution in [-0.2, 0) is 6.54 Å². The van der Waals surface area contributed by atoms with Crippen LogP contribution in [0.1, 0.15) is 16.7 Å². The van der Waals surface area contributed by atoms with Gasteiger partial charge in [-0.05, 0) is 38.1 Å². The Balaban J connectivity index is 3.28. The van der Waals surface area contributed by atoms with Gasteiger partial charge in [0.2, 0.25) is 0 Å². The Bertz CT molecular complexity index is 297. The number of hydrogen-bond donors (Lipinski definition) is 2. The maximum absolute atomic E-state index is 9.77. The van der Waals surface area contributed by atoms with Crippen molar-refractivity contribution in [2.75, 3.05) is 7.05 Å². The average Bonchev–Trinajstić information content (AvgIpc) is 2.09. The molecular formula is C10H14BrNO. The van der Waals surface area contributed by atoms with Gasteiger partial charge >= 0.3 is 0 Å². The molecule has 0 saturated carbocycles. The molecule has 0 heterocycles.